The Morgan fingerprint density at radius 3 is 2.15 bits per heavy atom. The van der Waals surface area contributed by atoms with E-state index in [9.17, 15) is 14.4 Å². The van der Waals surface area contributed by atoms with Gasteiger partial charge in [0.1, 0.15) is 12.6 Å². The number of benzene rings is 2. The topological polar surface area (TPSA) is 123 Å². The van der Waals surface area contributed by atoms with Crippen molar-refractivity contribution in [2.75, 3.05) is 34.0 Å². The van der Waals surface area contributed by atoms with E-state index in [0.717, 1.165) is 22.3 Å². The highest BCUT2D eigenvalue weighted by molar-refractivity contribution is 5.85. The molecule has 0 heterocycles. The van der Waals surface area contributed by atoms with Crippen LogP contribution in [0.1, 0.15) is 29.9 Å². The van der Waals surface area contributed by atoms with E-state index in [4.69, 9.17) is 19.3 Å². The molecule has 0 saturated carbocycles. The maximum Gasteiger partial charge on any atom is 0.407 e. The SMILES string of the molecule is COCCC(NC(=O)OCC1c2ccccc2-c2ccccc21)C(=O)NCCC(OC)C(=O)O. The summed E-state index contributed by atoms with van der Waals surface area (Å²) in [5, 5.41) is 14.3. The number of methoxy groups -OCH3 is 2. The summed E-state index contributed by atoms with van der Waals surface area (Å²) < 4.78 is 15.4. The summed E-state index contributed by atoms with van der Waals surface area (Å²) in [5.74, 6) is -1.65. The molecular weight excluding hydrogens is 440 g/mol. The Balaban J connectivity index is 1.58. The lowest BCUT2D eigenvalue weighted by Gasteiger charge is -2.20. The molecular formula is C25H30N2O7. The van der Waals surface area contributed by atoms with Gasteiger partial charge in [-0.3, -0.25) is 4.79 Å². The van der Waals surface area contributed by atoms with Crippen LogP contribution in [0.5, 0.6) is 0 Å². The van der Waals surface area contributed by atoms with E-state index in [1.165, 1.54) is 14.2 Å². The standard InChI is InChI=1S/C25H30N2O7/c1-32-14-12-21(23(28)26-13-11-22(33-2)24(29)30)27-25(31)34-15-20-18-9-5-3-7-16(18)17-8-4-6-10-19(17)20/h3-10,20-22H,11-15H2,1-2H3,(H,26,28)(H,27,31)(H,29,30). The van der Waals surface area contributed by atoms with Crippen LogP contribution < -0.4 is 10.6 Å². The quantitative estimate of drug-likeness (QED) is 0.436. The predicted octanol–water partition coefficient (Wildman–Crippen LogP) is 2.54. The summed E-state index contributed by atoms with van der Waals surface area (Å²) in [4.78, 5) is 36.2. The van der Waals surface area contributed by atoms with Crippen LogP contribution in [-0.2, 0) is 23.8 Å². The average molecular weight is 471 g/mol. The molecule has 0 radical (unpaired) electrons. The third kappa shape index (κ3) is 6.12. The molecule has 0 aromatic heterocycles. The first-order valence-corrected chi connectivity index (χ1v) is 11.1. The molecule has 0 aliphatic heterocycles. The largest absolute Gasteiger partial charge is 0.479 e. The van der Waals surface area contributed by atoms with Crippen molar-refractivity contribution in [2.45, 2.75) is 30.9 Å². The second-order valence-corrected chi connectivity index (χ2v) is 7.95. The molecule has 0 spiro atoms. The van der Waals surface area contributed by atoms with Crippen molar-refractivity contribution in [2.24, 2.45) is 0 Å². The summed E-state index contributed by atoms with van der Waals surface area (Å²) in [7, 11) is 2.79. The van der Waals surface area contributed by atoms with Gasteiger partial charge in [-0.2, -0.15) is 0 Å². The van der Waals surface area contributed by atoms with Crippen molar-refractivity contribution < 1.29 is 33.7 Å². The van der Waals surface area contributed by atoms with Crippen LogP contribution in [0, 0.1) is 0 Å². The van der Waals surface area contributed by atoms with E-state index in [2.05, 4.69) is 22.8 Å². The van der Waals surface area contributed by atoms with Crippen LogP contribution in [0.4, 0.5) is 4.79 Å². The summed E-state index contributed by atoms with van der Waals surface area (Å²) in [6, 6.07) is 15.2. The Hall–Kier alpha value is -3.43. The molecule has 9 nitrogen and oxygen atoms in total. The number of rotatable bonds is 12. The minimum absolute atomic E-state index is 0.0828. The van der Waals surface area contributed by atoms with Gasteiger partial charge in [-0.25, -0.2) is 9.59 Å². The maximum absolute atomic E-state index is 12.6. The van der Waals surface area contributed by atoms with E-state index in [1.54, 1.807) is 0 Å². The van der Waals surface area contributed by atoms with Gasteiger partial charge in [-0.05, 0) is 22.3 Å². The Morgan fingerprint density at radius 2 is 1.59 bits per heavy atom. The van der Waals surface area contributed by atoms with Crippen LogP contribution in [-0.4, -0.2) is 69.2 Å². The number of aliphatic carboxylic acids is 1. The van der Waals surface area contributed by atoms with Crippen molar-refractivity contribution >= 4 is 18.0 Å². The van der Waals surface area contributed by atoms with Gasteiger partial charge >= 0.3 is 12.1 Å². The molecule has 182 valence electrons. The van der Waals surface area contributed by atoms with E-state index in [1.807, 2.05) is 36.4 Å². The van der Waals surface area contributed by atoms with E-state index >= 15 is 0 Å². The number of hydrogen-bond acceptors (Lipinski definition) is 6. The number of fused-ring (bicyclic) bond motifs is 3. The zero-order chi connectivity index (χ0) is 24.5. The molecule has 1 aliphatic rings. The third-order valence-electron chi connectivity index (χ3n) is 5.83. The van der Waals surface area contributed by atoms with Crippen LogP contribution >= 0.6 is 0 Å². The number of nitrogens with one attached hydrogen (secondary N) is 2. The van der Waals surface area contributed by atoms with Gasteiger partial charge in [-0.15, -0.1) is 0 Å². The minimum atomic E-state index is -1.11. The fourth-order valence-electron chi connectivity index (χ4n) is 4.08. The first-order valence-electron chi connectivity index (χ1n) is 11.1. The molecule has 2 amide bonds. The number of carbonyl (C=O) groups excluding carboxylic acids is 2. The van der Waals surface area contributed by atoms with E-state index in [0.29, 0.717) is 0 Å². The van der Waals surface area contributed by atoms with Crippen LogP contribution in [0.2, 0.25) is 0 Å². The number of alkyl carbamates (subject to hydrolysis) is 1. The van der Waals surface area contributed by atoms with Crippen LogP contribution in [0.3, 0.4) is 0 Å². The van der Waals surface area contributed by atoms with Gasteiger partial charge in [0.2, 0.25) is 5.91 Å². The molecule has 0 fully saturated rings. The molecule has 0 saturated heterocycles. The predicted molar refractivity (Wildman–Crippen MR) is 125 cm³/mol. The van der Waals surface area contributed by atoms with Crippen LogP contribution in [0.15, 0.2) is 48.5 Å². The average Bonchev–Trinajstić information content (AvgIpc) is 3.16. The lowest BCUT2D eigenvalue weighted by atomic mass is 9.98. The number of ether oxygens (including phenoxy) is 3. The first-order chi connectivity index (χ1) is 16.5. The van der Waals surface area contributed by atoms with Gasteiger partial charge < -0.3 is 30.0 Å². The molecule has 9 heteroatoms. The molecule has 2 aromatic carbocycles. The monoisotopic (exact) mass is 470 g/mol. The van der Waals surface area contributed by atoms with Gasteiger partial charge in [-0.1, -0.05) is 48.5 Å². The summed E-state index contributed by atoms with van der Waals surface area (Å²) >= 11 is 0. The van der Waals surface area contributed by atoms with Crippen LogP contribution in [0.25, 0.3) is 11.1 Å². The van der Waals surface area contributed by atoms with E-state index in [-0.39, 0.29) is 38.5 Å². The zero-order valence-corrected chi connectivity index (χ0v) is 19.3. The fraction of sp³-hybridized carbons (Fsp3) is 0.400. The van der Waals surface area contributed by atoms with Gasteiger partial charge in [0, 0.05) is 46.1 Å². The van der Waals surface area contributed by atoms with E-state index < -0.39 is 30.1 Å². The number of hydrogen-bond donors (Lipinski definition) is 3. The molecule has 2 atom stereocenters. The highest BCUT2D eigenvalue weighted by atomic mass is 16.5. The Morgan fingerprint density at radius 1 is 0.971 bits per heavy atom. The van der Waals surface area contributed by atoms with Crippen molar-refractivity contribution in [3.8, 4) is 11.1 Å². The van der Waals surface area contributed by atoms with Gasteiger partial charge in [0.05, 0.1) is 0 Å². The van der Waals surface area contributed by atoms with Crippen molar-refractivity contribution in [1.29, 1.82) is 0 Å². The summed E-state index contributed by atoms with van der Waals surface area (Å²) in [6.07, 6.45) is -1.40. The highest BCUT2D eigenvalue weighted by Gasteiger charge is 2.30. The smallest absolute Gasteiger partial charge is 0.407 e. The third-order valence-corrected chi connectivity index (χ3v) is 5.83. The Bertz CT molecular complexity index is 965. The molecule has 34 heavy (non-hydrogen) atoms. The zero-order valence-electron chi connectivity index (χ0n) is 19.3. The number of carboxylic acid groups (broad SMARTS) is 1. The lowest BCUT2D eigenvalue weighted by molar-refractivity contribution is -0.149. The summed E-state index contributed by atoms with van der Waals surface area (Å²) in [5.41, 5.74) is 4.44. The lowest BCUT2D eigenvalue weighted by Crippen LogP contribution is -2.48. The Labute approximate surface area is 198 Å². The number of carbonyl (C=O) groups is 3. The molecule has 0 bridgehead atoms. The maximum atomic E-state index is 12.6. The molecule has 2 unspecified atom stereocenters. The first kappa shape index (κ1) is 25.2. The van der Waals surface area contributed by atoms with Crippen molar-refractivity contribution in [1.82, 2.24) is 10.6 Å². The van der Waals surface area contributed by atoms with Crippen molar-refractivity contribution in [3.63, 3.8) is 0 Å². The second kappa shape index (κ2) is 12.2. The molecule has 3 rings (SSSR count). The number of amides is 2. The molecule has 1 aliphatic carbocycles. The normalized spacial score (nSPS) is 13.9. The van der Waals surface area contributed by atoms with Gasteiger partial charge in [0.25, 0.3) is 0 Å². The fourth-order valence-corrected chi connectivity index (χ4v) is 4.08. The van der Waals surface area contributed by atoms with Gasteiger partial charge in [0.15, 0.2) is 6.10 Å². The summed E-state index contributed by atoms with van der Waals surface area (Å²) in [6.45, 7) is 0.462. The van der Waals surface area contributed by atoms with Crippen molar-refractivity contribution in [3.05, 3.63) is 59.7 Å². The number of carboxylic acids is 1. The molecule has 3 N–H and O–H groups in total. The highest BCUT2D eigenvalue weighted by Crippen LogP contribution is 2.44. The Kier molecular flexibility index (Phi) is 9.00. The minimum Gasteiger partial charge on any atom is -0.479 e. The second-order valence-electron chi connectivity index (χ2n) is 7.95. The molecule has 2 aromatic rings.